The Hall–Kier alpha value is -2.14. The molecule has 134 valence electrons. The number of rotatable bonds is 7. The number of hydrogen-bond donors (Lipinski definition) is 1. The molecule has 0 spiro atoms. The normalized spacial score (nSPS) is 15.4. The molecule has 1 aromatic heterocycles. The van der Waals surface area contributed by atoms with E-state index in [4.69, 9.17) is 0 Å². The van der Waals surface area contributed by atoms with Crippen molar-refractivity contribution in [3.63, 3.8) is 0 Å². The maximum Gasteiger partial charge on any atom is 0.274 e. The van der Waals surface area contributed by atoms with Crippen LogP contribution in [0.15, 0.2) is 36.4 Å². The predicted molar refractivity (Wildman–Crippen MR) is 97.2 cm³/mol. The summed E-state index contributed by atoms with van der Waals surface area (Å²) in [5.41, 5.74) is 2.56. The van der Waals surface area contributed by atoms with Gasteiger partial charge in [-0.15, -0.1) is 0 Å². The highest BCUT2D eigenvalue weighted by molar-refractivity contribution is 5.92. The third-order valence-corrected chi connectivity index (χ3v) is 4.94. The molecule has 1 unspecified atom stereocenters. The molecule has 1 aliphatic carbocycles. The molecular weight excluding hydrogens is 314 g/mol. The minimum absolute atomic E-state index is 0.00683. The van der Waals surface area contributed by atoms with Gasteiger partial charge in [0.05, 0.1) is 12.6 Å². The number of amides is 1. The zero-order valence-electron chi connectivity index (χ0n) is 15.2. The maximum atomic E-state index is 13.2. The lowest BCUT2D eigenvalue weighted by molar-refractivity contribution is 0.0524. The fraction of sp³-hybridized carbons (Fsp3) is 0.500. The fourth-order valence-corrected chi connectivity index (χ4v) is 3.38. The van der Waals surface area contributed by atoms with Crippen molar-refractivity contribution < 1.29 is 9.90 Å². The van der Waals surface area contributed by atoms with Gasteiger partial charge in [-0.1, -0.05) is 44.2 Å². The highest BCUT2D eigenvalue weighted by atomic mass is 16.3. The lowest BCUT2D eigenvalue weighted by Crippen LogP contribution is -2.43. The summed E-state index contributed by atoms with van der Waals surface area (Å²) in [4.78, 5) is 15.0. The van der Waals surface area contributed by atoms with Gasteiger partial charge in [0.1, 0.15) is 0 Å². The molecule has 2 aromatic rings. The van der Waals surface area contributed by atoms with E-state index >= 15 is 0 Å². The fourth-order valence-electron chi connectivity index (χ4n) is 3.38. The van der Waals surface area contributed by atoms with Crippen LogP contribution in [-0.2, 0) is 13.6 Å². The molecule has 1 fully saturated rings. The van der Waals surface area contributed by atoms with Crippen LogP contribution in [0.4, 0.5) is 0 Å². The van der Waals surface area contributed by atoms with Crippen molar-refractivity contribution in [1.29, 1.82) is 0 Å². The Morgan fingerprint density at radius 3 is 2.52 bits per heavy atom. The van der Waals surface area contributed by atoms with E-state index in [1.54, 1.807) is 9.58 Å². The van der Waals surface area contributed by atoms with E-state index in [9.17, 15) is 9.90 Å². The molecule has 1 N–H and O–H groups in total. The standard InChI is InChI=1S/C20H27N3O2/c1-14(2)18-11-17(21-22(18)3)20(25)23(19(13-24)16-9-10-16)12-15-7-5-4-6-8-15/h4-8,11,14,16,19,24H,9-10,12-13H2,1-3H3. The van der Waals surface area contributed by atoms with Gasteiger partial charge in [-0.2, -0.15) is 5.10 Å². The summed E-state index contributed by atoms with van der Waals surface area (Å²) in [5, 5.41) is 14.3. The summed E-state index contributed by atoms with van der Waals surface area (Å²) in [6, 6.07) is 11.7. The molecule has 1 aromatic carbocycles. The summed E-state index contributed by atoms with van der Waals surface area (Å²) < 4.78 is 1.78. The van der Waals surface area contributed by atoms with Gasteiger partial charge in [0, 0.05) is 19.3 Å². The van der Waals surface area contributed by atoms with Gasteiger partial charge in [-0.05, 0) is 36.3 Å². The average Bonchev–Trinajstić information content (AvgIpc) is 3.36. The second-order valence-electron chi connectivity index (χ2n) is 7.24. The highest BCUT2D eigenvalue weighted by Crippen LogP contribution is 2.36. The molecule has 0 saturated heterocycles. The van der Waals surface area contributed by atoms with E-state index in [2.05, 4.69) is 18.9 Å². The lowest BCUT2D eigenvalue weighted by Gasteiger charge is -2.30. The van der Waals surface area contributed by atoms with Crippen LogP contribution >= 0.6 is 0 Å². The van der Waals surface area contributed by atoms with E-state index < -0.39 is 0 Å². The molecular formula is C20H27N3O2. The second-order valence-corrected chi connectivity index (χ2v) is 7.24. The third kappa shape index (κ3) is 3.93. The van der Waals surface area contributed by atoms with Crippen LogP contribution in [0.25, 0.3) is 0 Å². The van der Waals surface area contributed by atoms with Crippen LogP contribution in [0.2, 0.25) is 0 Å². The van der Waals surface area contributed by atoms with Crippen LogP contribution in [0.3, 0.4) is 0 Å². The van der Waals surface area contributed by atoms with E-state index in [1.807, 2.05) is 43.4 Å². The number of aromatic nitrogens is 2. The first-order valence-electron chi connectivity index (χ1n) is 9.01. The minimum Gasteiger partial charge on any atom is -0.394 e. The van der Waals surface area contributed by atoms with Gasteiger partial charge < -0.3 is 10.0 Å². The predicted octanol–water partition coefficient (Wildman–Crippen LogP) is 2.96. The number of carbonyl (C=O) groups excluding carboxylic acids is 1. The number of aryl methyl sites for hydroxylation is 1. The van der Waals surface area contributed by atoms with Gasteiger partial charge in [0.2, 0.25) is 0 Å². The Balaban J connectivity index is 1.90. The topological polar surface area (TPSA) is 58.4 Å². The monoisotopic (exact) mass is 341 g/mol. The van der Waals surface area contributed by atoms with Crippen molar-refractivity contribution in [2.45, 2.75) is 45.2 Å². The van der Waals surface area contributed by atoms with Gasteiger partial charge in [0.15, 0.2) is 5.69 Å². The Bertz CT molecular complexity index is 720. The number of aliphatic hydroxyl groups excluding tert-OH is 1. The van der Waals surface area contributed by atoms with Crippen molar-refractivity contribution >= 4 is 5.91 Å². The van der Waals surface area contributed by atoms with Crippen LogP contribution < -0.4 is 0 Å². The number of benzene rings is 1. The van der Waals surface area contributed by atoms with E-state index in [-0.39, 0.29) is 18.6 Å². The molecule has 5 nitrogen and oxygen atoms in total. The molecule has 25 heavy (non-hydrogen) atoms. The Kier molecular flexibility index (Phi) is 5.23. The van der Waals surface area contributed by atoms with E-state index in [1.165, 1.54) is 0 Å². The Morgan fingerprint density at radius 2 is 2.00 bits per heavy atom. The summed E-state index contributed by atoms with van der Waals surface area (Å²) in [6.07, 6.45) is 2.15. The first kappa shape index (κ1) is 17.7. The first-order chi connectivity index (χ1) is 12.0. The number of hydrogen-bond acceptors (Lipinski definition) is 3. The molecule has 1 atom stereocenters. The van der Waals surface area contributed by atoms with Crippen LogP contribution in [-0.4, -0.2) is 38.3 Å². The number of aliphatic hydroxyl groups is 1. The molecule has 0 aliphatic heterocycles. The highest BCUT2D eigenvalue weighted by Gasteiger charge is 2.38. The molecule has 5 heteroatoms. The summed E-state index contributed by atoms with van der Waals surface area (Å²) in [7, 11) is 1.87. The number of carbonyl (C=O) groups is 1. The molecule has 1 amide bonds. The minimum atomic E-state index is -0.141. The maximum absolute atomic E-state index is 13.2. The van der Waals surface area contributed by atoms with Crippen molar-refractivity contribution in [2.24, 2.45) is 13.0 Å². The first-order valence-corrected chi connectivity index (χ1v) is 9.01. The van der Waals surface area contributed by atoms with Crippen LogP contribution in [0.1, 0.15) is 54.4 Å². The largest absolute Gasteiger partial charge is 0.394 e. The molecule has 1 heterocycles. The van der Waals surface area contributed by atoms with E-state index in [0.717, 1.165) is 24.1 Å². The van der Waals surface area contributed by atoms with Gasteiger partial charge in [-0.25, -0.2) is 0 Å². The zero-order valence-corrected chi connectivity index (χ0v) is 15.2. The Labute approximate surface area is 149 Å². The second kappa shape index (κ2) is 7.40. The van der Waals surface area contributed by atoms with Gasteiger partial charge in [0.25, 0.3) is 5.91 Å². The van der Waals surface area contributed by atoms with Crippen molar-refractivity contribution in [3.8, 4) is 0 Å². The van der Waals surface area contributed by atoms with Gasteiger partial charge >= 0.3 is 0 Å². The van der Waals surface area contributed by atoms with E-state index in [0.29, 0.717) is 24.1 Å². The smallest absolute Gasteiger partial charge is 0.274 e. The SMILES string of the molecule is CC(C)c1cc(C(=O)N(Cc2ccccc2)C(CO)C2CC2)nn1C. The number of nitrogens with zero attached hydrogens (tertiary/aromatic N) is 3. The summed E-state index contributed by atoms with van der Waals surface area (Å²) in [6.45, 7) is 4.67. The zero-order chi connectivity index (χ0) is 18.0. The van der Waals surface area contributed by atoms with Crippen LogP contribution in [0, 0.1) is 5.92 Å². The average molecular weight is 341 g/mol. The lowest BCUT2D eigenvalue weighted by atomic mass is 10.1. The van der Waals surface area contributed by atoms with Crippen molar-refractivity contribution in [2.75, 3.05) is 6.61 Å². The molecule has 3 rings (SSSR count). The van der Waals surface area contributed by atoms with Crippen molar-refractivity contribution in [1.82, 2.24) is 14.7 Å². The molecule has 0 radical (unpaired) electrons. The molecule has 0 bridgehead atoms. The Morgan fingerprint density at radius 1 is 1.32 bits per heavy atom. The molecule has 1 aliphatic rings. The quantitative estimate of drug-likeness (QED) is 0.842. The van der Waals surface area contributed by atoms with Gasteiger partial charge in [-0.3, -0.25) is 9.48 Å². The van der Waals surface area contributed by atoms with Crippen LogP contribution in [0.5, 0.6) is 0 Å². The molecule has 1 saturated carbocycles. The summed E-state index contributed by atoms with van der Waals surface area (Å²) >= 11 is 0. The third-order valence-electron chi connectivity index (χ3n) is 4.94. The summed E-state index contributed by atoms with van der Waals surface area (Å²) in [5.74, 6) is 0.599. The van der Waals surface area contributed by atoms with Crippen molar-refractivity contribution in [3.05, 3.63) is 53.3 Å².